The van der Waals surface area contributed by atoms with Gasteiger partial charge < -0.3 is 10.4 Å². The van der Waals surface area contributed by atoms with Crippen molar-refractivity contribution in [2.75, 3.05) is 6.61 Å². The second kappa shape index (κ2) is 5.65. The molecule has 0 aliphatic carbocycles. The molecular formula is C15H17NO2. The van der Waals surface area contributed by atoms with E-state index in [9.17, 15) is 4.79 Å². The second-order valence-corrected chi connectivity index (χ2v) is 4.32. The van der Waals surface area contributed by atoms with E-state index < -0.39 is 0 Å². The Bertz CT molecular complexity index is 547. The highest BCUT2D eigenvalue weighted by atomic mass is 16.3. The lowest BCUT2D eigenvalue weighted by Crippen LogP contribution is -2.36. The van der Waals surface area contributed by atoms with Crippen molar-refractivity contribution in [2.45, 2.75) is 19.4 Å². The molecule has 3 nitrogen and oxygen atoms in total. The van der Waals surface area contributed by atoms with Gasteiger partial charge in [-0.2, -0.15) is 0 Å². The number of amides is 1. The van der Waals surface area contributed by atoms with Crippen LogP contribution >= 0.6 is 0 Å². The van der Waals surface area contributed by atoms with Crippen molar-refractivity contribution >= 4 is 16.7 Å². The molecule has 1 unspecified atom stereocenters. The van der Waals surface area contributed by atoms with Gasteiger partial charge in [-0.25, -0.2) is 0 Å². The molecule has 18 heavy (non-hydrogen) atoms. The average Bonchev–Trinajstić information content (AvgIpc) is 2.44. The topological polar surface area (TPSA) is 49.3 Å². The molecule has 94 valence electrons. The minimum atomic E-state index is -0.177. The molecule has 2 N–H and O–H groups in total. The number of carbonyl (C=O) groups is 1. The van der Waals surface area contributed by atoms with Crippen LogP contribution < -0.4 is 5.32 Å². The van der Waals surface area contributed by atoms with E-state index in [1.165, 1.54) is 0 Å². The molecule has 2 rings (SSSR count). The summed E-state index contributed by atoms with van der Waals surface area (Å²) in [6.45, 7) is 1.90. The van der Waals surface area contributed by atoms with Gasteiger partial charge in [-0.3, -0.25) is 4.79 Å². The van der Waals surface area contributed by atoms with E-state index in [1.807, 2.05) is 49.4 Å². The third-order valence-corrected chi connectivity index (χ3v) is 3.06. The molecule has 0 fully saturated rings. The molecule has 0 saturated heterocycles. The van der Waals surface area contributed by atoms with Gasteiger partial charge in [0, 0.05) is 5.56 Å². The summed E-state index contributed by atoms with van der Waals surface area (Å²) < 4.78 is 0. The lowest BCUT2D eigenvalue weighted by molar-refractivity contribution is 0.0915. The van der Waals surface area contributed by atoms with Gasteiger partial charge in [-0.05, 0) is 29.3 Å². The predicted molar refractivity (Wildman–Crippen MR) is 72.6 cm³/mol. The summed E-state index contributed by atoms with van der Waals surface area (Å²) in [5.41, 5.74) is 0.626. The third-order valence-electron chi connectivity index (χ3n) is 3.06. The van der Waals surface area contributed by atoms with Crippen LogP contribution in [0.5, 0.6) is 0 Å². The monoisotopic (exact) mass is 243 g/mol. The van der Waals surface area contributed by atoms with Crippen LogP contribution in [-0.2, 0) is 0 Å². The summed E-state index contributed by atoms with van der Waals surface area (Å²) in [5.74, 6) is -0.137. The number of rotatable bonds is 4. The predicted octanol–water partition coefficient (Wildman–Crippen LogP) is 2.34. The Balaban J connectivity index is 2.22. The Hall–Kier alpha value is -1.87. The average molecular weight is 243 g/mol. The maximum atomic E-state index is 12.0. The SMILES string of the molecule is CCC(CO)NC(=O)c1ccc2ccccc2c1. The zero-order valence-corrected chi connectivity index (χ0v) is 10.4. The first-order valence-corrected chi connectivity index (χ1v) is 6.15. The molecule has 0 heterocycles. The second-order valence-electron chi connectivity index (χ2n) is 4.32. The maximum absolute atomic E-state index is 12.0. The maximum Gasteiger partial charge on any atom is 0.251 e. The van der Waals surface area contributed by atoms with Crippen molar-refractivity contribution in [1.29, 1.82) is 0 Å². The molecule has 0 aliphatic heterocycles. The van der Waals surface area contributed by atoms with Crippen molar-refractivity contribution in [3.63, 3.8) is 0 Å². The number of nitrogens with one attached hydrogen (secondary N) is 1. The first-order chi connectivity index (χ1) is 8.74. The lowest BCUT2D eigenvalue weighted by Gasteiger charge is -2.14. The number of aliphatic hydroxyl groups is 1. The first kappa shape index (κ1) is 12.6. The molecule has 0 aliphatic rings. The smallest absolute Gasteiger partial charge is 0.251 e. The van der Waals surface area contributed by atoms with Gasteiger partial charge in [-0.1, -0.05) is 37.3 Å². The highest BCUT2D eigenvalue weighted by Crippen LogP contribution is 2.15. The standard InChI is InChI=1S/C15H17NO2/c1-2-14(10-17)16-15(18)13-8-7-11-5-3-4-6-12(11)9-13/h3-9,14,17H,2,10H2,1H3,(H,16,18). The number of carbonyl (C=O) groups excluding carboxylic acids is 1. The molecule has 0 saturated carbocycles. The molecule has 1 atom stereocenters. The van der Waals surface area contributed by atoms with Gasteiger partial charge in [0.1, 0.15) is 0 Å². The molecule has 3 heteroatoms. The highest BCUT2D eigenvalue weighted by molar-refractivity contribution is 5.98. The van der Waals surface area contributed by atoms with Crippen molar-refractivity contribution in [3.8, 4) is 0 Å². The Morgan fingerprint density at radius 3 is 2.61 bits per heavy atom. The Morgan fingerprint density at radius 2 is 1.94 bits per heavy atom. The minimum absolute atomic E-state index is 0.0319. The van der Waals surface area contributed by atoms with Crippen LogP contribution in [-0.4, -0.2) is 23.7 Å². The fraction of sp³-hybridized carbons (Fsp3) is 0.267. The van der Waals surface area contributed by atoms with E-state index in [1.54, 1.807) is 0 Å². The van der Waals surface area contributed by atoms with Crippen LogP contribution in [0.4, 0.5) is 0 Å². The van der Waals surface area contributed by atoms with E-state index in [0.717, 1.165) is 17.2 Å². The molecule has 2 aromatic carbocycles. The fourth-order valence-electron chi connectivity index (χ4n) is 1.88. The molecular weight excluding hydrogens is 226 g/mol. The molecule has 0 spiro atoms. The van der Waals surface area contributed by atoms with Gasteiger partial charge in [0.25, 0.3) is 5.91 Å². The summed E-state index contributed by atoms with van der Waals surface area (Å²) in [6, 6.07) is 13.4. The normalized spacial score (nSPS) is 12.3. The number of hydrogen-bond donors (Lipinski definition) is 2. The van der Waals surface area contributed by atoms with Gasteiger partial charge >= 0.3 is 0 Å². The van der Waals surface area contributed by atoms with Crippen LogP contribution in [0.2, 0.25) is 0 Å². The lowest BCUT2D eigenvalue weighted by atomic mass is 10.1. The van der Waals surface area contributed by atoms with Gasteiger partial charge in [-0.15, -0.1) is 0 Å². The third kappa shape index (κ3) is 2.68. The molecule has 1 amide bonds. The molecule has 0 radical (unpaired) electrons. The van der Waals surface area contributed by atoms with E-state index >= 15 is 0 Å². The summed E-state index contributed by atoms with van der Waals surface area (Å²) >= 11 is 0. The van der Waals surface area contributed by atoms with Crippen LogP contribution in [0.25, 0.3) is 10.8 Å². The van der Waals surface area contributed by atoms with E-state index in [2.05, 4.69) is 5.32 Å². The van der Waals surface area contributed by atoms with Gasteiger partial charge in [0.2, 0.25) is 0 Å². The van der Waals surface area contributed by atoms with E-state index in [4.69, 9.17) is 5.11 Å². The van der Waals surface area contributed by atoms with Crippen LogP contribution in [0.3, 0.4) is 0 Å². The van der Waals surface area contributed by atoms with Gasteiger partial charge in [0.15, 0.2) is 0 Å². The van der Waals surface area contributed by atoms with Gasteiger partial charge in [0.05, 0.1) is 12.6 Å². The van der Waals surface area contributed by atoms with Crippen molar-refractivity contribution in [3.05, 3.63) is 48.0 Å². The zero-order valence-electron chi connectivity index (χ0n) is 10.4. The van der Waals surface area contributed by atoms with Crippen LogP contribution in [0.15, 0.2) is 42.5 Å². The Morgan fingerprint density at radius 1 is 1.22 bits per heavy atom. The number of fused-ring (bicyclic) bond motifs is 1. The number of hydrogen-bond acceptors (Lipinski definition) is 2. The highest BCUT2D eigenvalue weighted by Gasteiger charge is 2.11. The number of benzene rings is 2. The van der Waals surface area contributed by atoms with Crippen molar-refractivity contribution in [2.24, 2.45) is 0 Å². The molecule has 0 aromatic heterocycles. The van der Waals surface area contributed by atoms with Crippen molar-refractivity contribution in [1.82, 2.24) is 5.32 Å². The molecule has 2 aromatic rings. The van der Waals surface area contributed by atoms with Crippen molar-refractivity contribution < 1.29 is 9.90 Å². The Labute approximate surface area is 106 Å². The summed E-state index contributed by atoms with van der Waals surface area (Å²) in [7, 11) is 0. The summed E-state index contributed by atoms with van der Waals surface area (Å²) in [5, 5.41) is 14.0. The Kier molecular flexibility index (Phi) is 3.95. The first-order valence-electron chi connectivity index (χ1n) is 6.15. The van der Waals surface area contributed by atoms with E-state index in [0.29, 0.717) is 5.56 Å². The zero-order chi connectivity index (χ0) is 13.0. The quantitative estimate of drug-likeness (QED) is 0.866. The summed E-state index contributed by atoms with van der Waals surface area (Å²) in [6.07, 6.45) is 0.718. The van der Waals surface area contributed by atoms with Crippen LogP contribution in [0.1, 0.15) is 23.7 Å². The summed E-state index contributed by atoms with van der Waals surface area (Å²) in [4.78, 5) is 12.0. The minimum Gasteiger partial charge on any atom is -0.394 e. The van der Waals surface area contributed by atoms with E-state index in [-0.39, 0.29) is 18.6 Å². The van der Waals surface area contributed by atoms with Crippen LogP contribution in [0, 0.1) is 0 Å². The largest absolute Gasteiger partial charge is 0.394 e. The molecule has 0 bridgehead atoms. The number of aliphatic hydroxyl groups excluding tert-OH is 1. The fourth-order valence-corrected chi connectivity index (χ4v) is 1.88.